The molecule has 2 aliphatic rings. The molecule has 0 aromatic heterocycles. The molecule has 28 heavy (non-hydrogen) atoms. The summed E-state index contributed by atoms with van der Waals surface area (Å²) in [7, 11) is 1.80. The van der Waals surface area contributed by atoms with Crippen LogP contribution in [0.1, 0.15) is 25.0 Å². The standard InChI is InChI=1S/C19H16ClN3O5/c1-18(2)14-10-13(22(24)25)4-5-15(14)21(3)19(18)7-6-11-8-12(20)9-16(23(26)27)17(11)28-19/h4-10H,1-3H3. The summed E-state index contributed by atoms with van der Waals surface area (Å²) in [6.45, 7) is 3.80. The van der Waals surface area contributed by atoms with Crippen molar-refractivity contribution in [2.45, 2.75) is 25.0 Å². The van der Waals surface area contributed by atoms with Crippen LogP contribution in [-0.4, -0.2) is 22.6 Å². The van der Waals surface area contributed by atoms with Gasteiger partial charge in [0, 0.05) is 41.5 Å². The molecule has 0 saturated carbocycles. The van der Waals surface area contributed by atoms with Crippen LogP contribution in [0.2, 0.25) is 5.02 Å². The van der Waals surface area contributed by atoms with Gasteiger partial charge in [-0.1, -0.05) is 11.6 Å². The Labute approximate surface area is 165 Å². The third-order valence-electron chi connectivity index (χ3n) is 5.63. The Morgan fingerprint density at radius 3 is 2.46 bits per heavy atom. The third-order valence-corrected chi connectivity index (χ3v) is 5.84. The van der Waals surface area contributed by atoms with Crippen LogP contribution in [0.15, 0.2) is 36.4 Å². The van der Waals surface area contributed by atoms with Crippen molar-refractivity contribution in [1.82, 2.24) is 0 Å². The van der Waals surface area contributed by atoms with Crippen LogP contribution in [0.4, 0.5) is 17.1 Å². The third kappa shape index (κ3) is 2.24. The largest absolute Gasteiger partial charge is 0.456 e. The Kier molecular flexibility index (Phi) is 3.70. The quantitative estimate of drug-likeness (QED) is 0.534. The topological polar surface area (TPSA) is 98.8 Å². The molecule has 0 N–H and O–H groups in total. The molecule has 0 saturated heterocycles. The molecule has 2 heterocycles. The van der Waals surface area contributed by atoms with Gasteiger partial charge < -0.3 is 9.64 Å². The highest BCUT2D eigenvalue weighted by Crippen LogP contribution is 2.56. The average Bonchev–Trinajstić information content (AvgIpc) is 2.79. The number of nitrogens with zero attached hydrogens (tertiary/aromatic N) is 3. The summed E-state index contributed by atoms with van der Waals surface area (Å²) >= 11 is 6.01. The average molecular weight is 402 g/mol. The molecule has 144 valence electrons. The molecule has 0 bridgehead atoms. The Morgan fingerprint density at radius 2 is 1.82 bits per heavy atom. The van der Waals surface area contributed by atoms with Crippen molar-refractivity contribution >= 4 is 34.7 Å². The van der Waals surface area contributed by atoms with Crippen LogP contribution in [-0.2, 0) is 5.41 Å². The molecule has 9 heteroatoms. The van der Waals surface area contributed by atoms with Gasteiger partial charge in [0.1, 0.15) is 0 Å². The van der Waals surface area contributed by atoms with Gasteiger partial charge in [0.2, 0.25) is 11.5 Å². The van der Waals surface area contributed by atoms with Crippen molar-refractivity contribution in [3.8, 4) is 5.75 Å². The maximum absolute atomic E-state index is 11.6. The number of nitro groups is 2. The molecule has 8 nitrogen and oxygen atoms in total. The van der Waals surface area contributed by atoms with Gasteiger partial charge >= 0.3 is 5.69 Å². The molecule has 2 aliphatic heterocycles. The predicted molar refractivity (Wildman–Crippen MR) is 105 cm³/mol. The van der Waals surface area contributed by atoms with E-state index in [1.807, 2.05) is 24.8 Å². The number of fused-ring (bicyclic) bond motifs is 2. The number of rotatable bonds is 2. The molecule has 0 radical (unpaired) electrons. The normalized spacial score (nSPS) is 21.2. The maximum Gasteiger partial charge on any atom is 0.313 e. The first-order valence-electron chi connectivity index (χ1n) is 8.47. The number of anilines is 1. The fraction of sp³-hybridized carbons (Fsp3) is 0.263. The van der Waals surface area contributed by atoms with Crippen LogP contribution in [0, 0.1) is 20.2 Å². The number of hydrogen-bond donors (Lipinski definition) is 0. The fourth-order valence-electron chi connectivity index (χ4n) is 4.10. The van der Waals surface area contributed by atoms with Crippen molar-refractivity contribution in [2.75, 3.05) is 11.9 Å². The lowest BCUT2D eigenvalue weighted by molar-refractivity contribution is -0.386. The first-order valence-corrected chi connectivity index (χ1v) is 8.85. The van der Waals surface area contributed by atoms with Crippen molar-refractivity contribution in [3.05, 3.63) is 72.8 Å². The molecule has 1 atom stereocenters. The minimum Gasteiger partial charge on any atom is -0.456 e. The number of likely N-dealkylation sites (N-methyl/N-ethyl adjacent to an activating group) is 1. The molecule has 1 unspecified atom stereocenters. The lowest BCUT2D eigenvalue weighted by Gasteiger charge is -2.45. The minimum atomic E-state index is -1.09. The van der Waals surface area contributed by atoms with Crippen LogP contribution in [0.5, 0.6) is 5.75 Å². The summed E-state index contributed by atoms with van der Waals surface area (Å²) in [5.74, 6) is 0.124. The van der Waals surface area contributed by atoms with E-state index in [0.717, 1.165) is 11.3 Å². The molecule has 2 aromatic rings. The molecular weight excluding hydrogens is 386 g/mol. The number of ether oxygens (including phenoxy) is 1. The number of non-ortho nitro benzene ring substituents is 1. The zero-order valence-corrected chi connectivity index (χ0v) is 16.1. The number of halogens is 1. The molecular formula is C19H16ClN3O5. The van der Waals surface area contributed by atoms with Crippen molar-refractivity contribution in [3.63, 3.8) is 0 Å². The Hall–Kier alpha value is -3.13. The van der Waals surface area contributed by atoms with Crippen molar-refractivity contribution < 1.29 is 14.6 Å². The molecule has 1 spiro atoms. The van der Waals surface area contributed by atoms with Crippen LogP contribution in [0.25, 0.3) is 6.08 Å². The van der Waals surface area contributed by atoms with Gasteiger partial charge in [0.05, 0.1) is 15.3 Å². The van der Waals surface area contributed by atoms with E-state index in [4.69, 9.17) is 16.3 Å². The van der Waals surface area contributed by atoms with E-state index in [2.05, 4.69) is 0 Å². The fourth-order valence-corrected chi connectivity index (χ4v) is 4.32. The van der Waals surface area contributed by atoms with Crippen LogP contribution < -0.4 is 9.64 Å². The van der Waals surface area contributed by atoms with Gasteiger partial charge in [-0.3, -0.25) is 20.2 Å². The molecule has 2 aromatic carbocycles. The van der Waals surface area contributed by atoms with Crippen LogP contribution >= 0.6 is 11.6 Å². The van der Waals surface area contributed by atoms with Gasteiger partial charge in [-0.25, -0.2) is 0 Å². The zero-order chi connectivity index (χ0) is 20.4. The van der Waals surface area contributed by atoms with Gasteiger partial charge in [-0.2, -0.15) is 0 Å². The number of benzene rings is 2. The predicted octanol–water partition coefficient (Wildman–Crippen LogP) is 4.69. The highest BCUT2D eigenvalue weighted by atomic mass is 35.5. The van der Waals surface area contributed by atoms with Crippen molar-refractivity contribution in [2.24, 2.45) is 0 Å². The molecule has 0 fully saturated rings. The van der Waals surface area contributed by atoms with E-state index >= 15 is 0 Å². The van der Waals surface area contributed by atoms with E-state index in [-0.39, 0.29) is 22.1 Å². The molecule has 4 rings (SSSR count). The first-order chi connectivity index (χ1) is 13.1. The molecule has 0 aliphatic carbocycles. The second-order valence-electron chi connectivity index (χ2n) is 7.37. The van der Waals surface area contributed by atoms with Gasteiger partial charge in [-0.05, 0) is 43.7 Å². The summed E-state index contributed by atoms with van der Waals surface area (Å²) in [4.78, 5) is 23.7. The maximum atomic E-state index is 11.6. The first kappa shape index (κ1) is 18.2. The second-order valence-corrected chi connectivity index (χ2v) is 7.81. The number of nitro benzene ring substituents is 2. The smallest absolute Gasteiger partial charge is 0.313 e. The van der Waals surface area contributed by atoms with E-state index in [9.17, 15) is 20.2 Å². The van der Waals surface area contributed by atoms with E-state index < -0.39 is 21.0 Å². The number of hydrogen-bond acceptors (Lipinski definition) is 6. The summed E-state index contributed by atoms with van der Waals surface area (Å²) in [6, 6.07) is 7.50. The Morgan fingerprint density at radius 1 is 1.11 bits per heavy atom. The van der Waals surface area contributed by atoms with Gasteiger partial charge in [-0.15, -0.1) is 0 Å². The van der Waals surface area contributed by atoms with E-state index in [1.54, 1.807) is 25.3 Å². The van der Waals surface area contributed by atoms with Gasteiger partial charge in [0.15, 0.2) is 0 Å². The van der Waals surface area contributed by atoms with E-state index in [0.29, 0.717) is 5.56 Å². The Bertz CT molecular complexity index is 1080. The van der Waals surface area contributed by atoms with E-state index in [1.165, 1.54) is 18.2 Å². The van der Waals surface area contributed by atoms with Gasteiger partial charge in [0.25, 0.3) is 5.69 Å². The summed E-state index contributed by atoms with van der Waals surface area (Å²) in [5.41, 5.74) is -0.0567. The Balaban J connectivity index is 1.91. The summed E-state index contributed by atoms with van der Waals surface area (Å²) < 4.78 is 6.31. The lowest BCUT2D eigenvalue weighted by Crippen LogP contribution is -2.58. The summed E-state index contributed by atoms with van der Waals surface area (Å²) in [6.07, 6.45) is 3.57. The monoisotopic (exact) mass is 401 g/mol. The SMILES string of the molecule is CN1c2ccc([N+](=O)[O-])cc2C(C)(C)C12C=Cc1cc(Cl)cc([N+](=O)[O-])c1O2. The molecule has 0 amide bonds. The zero-order valence-electron chi connectivity index (χ0n) is 15.3. The van der Waals surface area contributed by atoms with Crippen LogP contribution in [0.3, 0.4) is 0 Å². The lowest BCUT2D eigenvalue weighted by atomic mass is 9.76. The highest BCUT2D eigenvalue weighted by Gasteiger charge is 2.58. The second kappa shape index (κ2) is 5.68. The highest BCUT2D eigenvalue weighted by molar-refractivity contribution is 6.31. The summed E-state index contributed by atoms with van der Waals surface area (Å²) in [5, 5.41) is 23.0. The van der Waals surface area contributed by atoms with Crippen molar-refractivity contribution in [1.29, 1.82) is 0 Å². The minimum absolute atomic E-state index is 0.0183.